The summed E-state index contributed by atoms with van der Waals surface area (Å²) in [6.45, 7) is 2.01. The van der Waals surface area contributed by atoms with E-state index in [4.69, 9.17) is 0 Å². The van der Waals surface area contributed by atoms with Crippen molar-refractivity contribution in [3.63, 3.8) is 0 Å². The molecule has 1 saturated heterocycles. The first-order chi connectivity index (χ1) is 9.75. The Morgan fingerprint density at radius 2 is 2.20 bits per heavy atom. The van der Waals surface area contributed by atoms with Gasteiger partial charge in [-0.3, -0.25) is 9.48 Å². The van der Waals surface area contributed by atoms with Crippen LogP contribution in [0.2, 0.25) is 0 Å². The summed E-state index contributed by atoms with van der Waals surface area (Å²) in [5, 5.41) is 11.8. The van der Waals surface area contributed by atoms with Gasteiger partial charge in [0, 0.05) is 18.5 Å². The summed E-state index contributed by atoms with van der Waals surface area (Å²) in [6, 6.07) is 8.08. The van der Waals surface area contributed by atoms with Crippen LogP contribution in [-0.2, 0) is 7.05 Å². The Labute approximate surface area is 118 Å². The van der Waals surface area contributed by atoms with Crippen LogP contribution in [0.5, 0.6) is 0 Å². The molecule has 1 aliphatic heterocycles. The minimum absolute atomic E-state index is 0.0614. The number of hydrogen-bond acceptors (Lipinski definition) is 3. The van der Waals surface area contributed by atoms with E-state index in [9.17, 15) is 4.79 Å². The van der Waals surface area contributed by atoms with E-state index in [1.54, 1.807) is 4.68 Å². The third kappa shape index (κ3) is 2.54. The molecular weight excluding hydrogens is 252 g/mol. The molecule has 2 aromatic rings. The highest BCUT2D eigenvalue weighted by molar-refractivity contribution is 6.04. The number of para-hydroxylation sites is 1. The minimum atomic E-state index is -0.0614. The Hall–Kier alpha value is -1.88. The molecule has 20 heavy (non-hydrogen) atoms. The largest absolute Gasteiger partial charge is 0.348 e. The van der Waals surface area contributed by atoms with Gasteiger partial charge in [-0.15, -0.1) is 0 Å². The lowest BCUT2D eigenvalue weighted by molar-refractivity contribution is 0.0930. The Morgan fingerprint density at radius 3 is 3.10 bits per heavy atom. The fourth-order valence-electron chi connectivity index (χ4n) is 2.80. The second kappa shape index (κ2) is 5.63. The molecule has 0 spiro atoms. The monoisotopic (exact) mass is 272 g/mol. The Bertz CT molecular complexity index is 611. The smallest absolute Gasteiger partial charge is 0.272 e. The van der Waals surface area contributed by atoms with Crippen molar-refractivity contribution in [1.82, 2.24) is 20.4 Å². The number of aromatic nitrogens is 2. The van der Waals surface area contributed by atoms with Gasteiger partial charge >= 0.3 is 0 Å². The number of rotatable bonds is 2. The van der Waals surface area contributed by atoms with Crippen molar-refractivity contribution in [3.05, 3.63) is 30.0 Å². The quantitative estimate of drug-likeness (QED) is 0.870. The maximum absolute atomic E-state index is 12.4. The van der Waals surface area contributed by atoms with Crippen molar-refractivity contribution < 1.29 is 4.79 Å². The zero-order chi connectivity index (χ0) is 13.9. The fraction of sp³-hybridized carbons (Fsp3) is 0.467. The van der Waals surface area contributed by atoms with Crippen molar-refractivity contribution in [2.45, 2.75) is 25.3 Å². The molecule has 1 aromatic carbocycles. The average molecular weight is 272 g/mol. The summed E-state index contributed by atoms with van der Waals surface area (Å²) >= 11 is 0. The van der Waals surface area contributed by atoms with Gasteiger partial charge in [-0.2, -0.15) is 5.10 Å². The van der Waals surface area contributed by atoms with Crippen LogP contribution in [0.15, 0.2) is 24.3 Å². The van der Waals surface area contributed by atoms with Crippen LogP contribution in [0, 0.1) is 0 Å². The van der Waals surface area contributed by atoms with E-state index >= 15 is 0 Å². The van der Waals surface area contributed by atoms with Gasteiger partial charge in [0.1, 0.15) is 0 Å². The number of carbonyl (C=O) groups excluding carboxylic acids is 1. The van der Waals surface area contributed by atoms with Crippen LogP contribution in [-0.4, -0.2) is 34.8 Å². The van der Waals surface area contributed by atoms with Gasteiger partial charge in [-0.25, -0.2) is 0 Å². The first-order valence-electron chi connectivity index (χ1n) is 7.19. The molecule has 0 radical (unpaired) electrons. The molecule has 3 rings (SSSR count). The molecule has 1 unspecified atom stereocenters. The maximum Gasteiger partial charge on any atom is 0.272 e. The molecule has 1 atom stereocenters. The highest BCUT2D eigenvalue weighted by atomic mass is 16.2. The van der Waals surface area contributed by atoms with E-state index < -0.39 is 0 Å². The molecule has 106 valence electrons. The molecule has 2 N–H and O–H groups in total. The van der Waals surface area contributed by atoms with Gasteiger partial charge < -0.3 is 10.6 Å². The SMILES string of the molecule is Cn1nc(C(=O)NC2CCCNCC2)c2ccccc21. The summed E-state index contributed by atoms with van der Waals surface area (Å²) in [5.74, 6) is -0.0614. The van der Waals surface area contributed by atoms with Gasteiger partial charge in [-0.1, -0.05) is 18.2 Å². The Kier molecular flexibility index (Phi) is 3.69. The van der Waals surface area contributed by atoms with E-state index in [2.05, 4.69) is 15.7 Å². The third-order valence-electron chi connectivity index (χ3n) is 3.88. The number of benzene rings is 1. The van der Waals surface area contributed by atoms with Crippen LogP contribution in [0.3, 0.4) is 0 Å². The third-order valence-corrected chi connectivity index (χ3v) is 3.88. The number of aryl methyl sites for hydroxylation is 1. The first kappa shape index (κ1) is 13.1. The molecular formula is C15H20N4O. The van der Waals surface area contributed by atoms with Gasteiger partial charge in [-0.05, 0) is 38.4 Å². The molecule has 0 saturated carbocycles. The molecule has 0 bridgehead atoms. The first-order valence-corrected chi connectivity index (χ1v) is 7.19. The van der Waals surface area contributed by atoms with E-state index in [0.29, 0.717) is 5.69 Å². The van der Waals surface area contributed by atoms with Crippen molar-refractivity contribution in [1.29, 1.82) is 0 Å². The predicted octanol–water partition coefficient (Wildman–Crippen LogP) is 1.45. The van der Waals surface area contributed by atoms with Gasteiger partial charge in [0.2, 0.25) is 0 Å². The van der Waals surface area contributed by atoms with Crippen LogP contribution >= 0.6 is 0 Å². The van der Waals surface area contributed by atoms with Crippen molar-refractivity contribution >= 4 is 16.8 Å². The number of amides is 1. The van der Waals surface area contributed by atoms with Gasteiger partial charge in [0.05, 0.1) is 5.52 Å². The summed E-state index contributed by atoms with van der Waals surface area (Å²) in [6.07, 6.45) is 3.12. The van der Waals surface area contributed by atoms with E-state index in [0.717, 1.165) is 43.3 Å². The summed E-state index contributed by atoms with van der Waals surface area (Å²) in [7, 11) is 1.87. The predicted molar refractivity (Wildman–Crippen MR) is 78.7 cm³/mol. The summed E-state index contributed by atoms with van der Waals surface area (Å²) in [5.41, 5.74) is 1.51. The molecule has 1 fully saturated rings. The highest BCUT2D eigenvalue weighted by Gasteiger charge is 2.19. The molecule has 0 aliphatic carbocycles. The van der Waals surface area contributed by atoms with Crippen LogP contribution in [0.4, 0.5) is 0 Å². The standard InChI is InChI=1S/C15H20N4O/c1-19-13-7-3-2-6-12(13)14(18-19)15(20)17-11-5-4-9-16-10-8-11/h2-3,6-7,11,16H,4-5,8-10H2,1H3,(H,17,20). The molecule has 5 heteroatoms. The number of nitrogens with one attached hydrogen (secondary N) is 2. The van der Waals surface area contributed by atoms with Crippen LogP contribution in [0.1, 0.15) is 29.8 Å². The molecule has 2 heterocycles. The van der Waals surface area contributed by atoms with Gasteiger partial charge in [0.15, 0.2) is 5.69 Å². The van der Waals surface area contributed by atoms with Crippen molar-refractivity contribution in [3.8, 4) is 0 Å². The summed E-state index contributed by atoms with van der Waals surface area (Å²) in [4.78, 5) is 12.4. The number of hydrogen-bond donors (Lipinski definition) is 2. The zero-order valence-corrected chi connectivity index (χ0v) is 11.7. The zero-order valence-electron chi connectivity index (χ0n) is 11.7. The minimum Gasteiger partial charge on any atom is -0.348 e. The molecule has 1 aromatic heterocycles. The topological polar surface area (TPSA) is 59.0 Å². The maximum atomic E-state index is 12.4. The molecule has 5 nitrogen and oxygen atoms in total. The number of nitrogens with zero attached hydrogens (tertiary/aromatic N) is 2. The highest BCUT2D eigenvalue weighted by Crippen LogP contribution is 2.17. The Morgan fingerprint density at radius 1 is 1.35 bits per heavy atom. The number of fused-ring (bicyclic) bond motifs is 1. The van der Waals surface area contributed by atoms with E-state index in [-0.39, 0.29) is 11.9 Å². The average Bonchev–Trinajstić information content (AvgIpc) is 2.64. The van der Waals surface area contributed by atoms with Crippen molar-refractivity contribution in [2.24, 2.45) is 7.05 Å². The van der Waals surface area contributed by atoms with Gasteiger partial charge in [0.25, 0.3) is 5.91 Å². The molecule has 1 amide bonds. The van der Waals surface area contributed by atoms with Crippen molar-refractivity contribution in [2.75, 3.05) is 13.1 Å². The lowest BCUT2D eigenvalue weighted by atomic mass is 10.1. The second-order valence-electron chi connectivity index (χ2n) is 5.34. The normalized spacial score (nSPS) is 19.8. The van der Waals surface area contributed by atoms with E-state index in [1.807, 2.05) is 31.3 Å². The second-order valence-corrected chi connectivity index (χ2v) is 5.34. The molecule has 1 aliphatic rings. The van der Waals surface area contributed by atoms with Crippen LogP contribution < -0.4 is 10.6 Å². The lowest BCUT2D eigenvalue weighted by Gasteiger charge is -2.14. The number of carbonyl (C=O) groups is 1. The Balaban J connectivity index is 1.81. The summed E-state index contributed by atoms with van der Waals surface area (Å²) < 4.78 is 1.76. The van der Waals surface area contributed by atoms with Crippen LogP contribution in [0.25, 0.3) is 10.9 Å². The fourth-order valence-corrected chi connectivity index (χ4v) is 2.80. The lowest BCUT2D eigenvalue weighted by Crippen LogP contribution is -2.35. The van der Waals surface area contributed by atoms with E-state index in [1.165, 1.54) is 0 Å².